The van der Waals surface area contributed by atoms with E-state index in [0.29, 0.717) is 0 Å². The minimum Gasteiger partial charge on any atom is -0.483 e. The molecule has 0 N–H and O–H groups in total. The quantitative estimate of drug-likeness (QED) is 0.588. The van der Waals surface area contributed by atoms with E-state index in [1.165, 1.54) is 11.1 Å². The van der Waals surface area contributed by atoms with Gasteiger partial charge in [-0.25, -0.2) is 0 Å². The van der Waals surface area contributed by atoms with Crippen molar-refractivity contribution in [2.45, 2.75) is 39.2 Å². The van der Waals surface area contributed by atoms with E-state index in [9.17, 15) is 0 Å². The molecule has 1 heterocycles. The maximum Gasteiger partial charge on any atom is 0.127 e. The molecule has 1 aliphatic rings. The standard InChI is InChI=1S/C14H19O2P/c1-5-14(4)7-6-11-10(3)12(16-17)8-9(2)13(11)15-14/h5,8H,1,6-7,17H2,2-4H3. The second kappa shape index (κ2) is 4.34. The molecule has 3 heteroatoms. The minimum absolute atomic E-state index is 0.243. The zero-order chi connectivity index (χ0) is 12.6. The van der Waals surface area contributed by atoms with Crippen LogP contribution >= 0.6 is 9.47 Å². The molecule has 17 heavy (non-hydrogen) atoms. The number of hydrogen-bond acceptors (Lipinski definition) is 2. The number of benzene rings is 1. The van der Waals surface area contributed by atoms with Gasteiger partial charge in [0.2, 0.25) is 0 Å². The number of aryl methyl sites for hydroxylation is 1. The summed E-state index contributed by atoms with van der Waals surface area (Å²) in [4.78, 5) is 0. The van der Waals surface area contributed by atoms with Crippen molar-refractivity contribution in [3.05, 3.63) is 35.4 Å². The van der Waals surface area contributed by atoms with Crippen LogP contribution in [0.4, 0.5) is 0 Å². The molecule has 1 aromatic rings. The topological polar surface area (TPSA) is 18.5 Å². The van der Waals surface area contributed by atoms with E-state index in [2.05, 4.69) is 36.8 Å². The third-order valence-corrected chi connectivity index (χ3v) is 3.82. The first kappa shape index (κ1) is 12.4. The molecular formula is C14H19O2P. The molecule has 0 radical (unpaired) electrons. The van der Waals surface area contributed by atoms with Crippen LogP contribution < -0.4 is 9.26 Å². The van der Waals surface area contributed by atoms with E-state index in [-0.39, 0.29) is 5.60 Å². The largest absolute Gasteiger partial charge is 0.483 e. The summed E-state index contributed by atoms with van der Waals surface area (Å²) in [6.45, 7) is 10.1. The Kier molecular flexibility index (Phi) is 3.18. The maximum absolute atomic E-state index is 6.10. The van der Waals surface area contributed by atoms with Crippen LogP contribution in [0, 0.1) is 13.8 Å². The molecule has 0 aliphatic carbocycles. The van der Waals surface area contributed by atoms with E-state index in [4.69, 9.17) is 9.26 Å². The van der Waals surface area contributed by atoms with Crippen molar-refractivity contribution >= 4 is 9.47 Å². The van der Waals surface area contributed by atoms with Crippen molar-refractivity contribution in [2.75, 3.05) is 0 Å². The fourth-order valence-corrected chi connectivity index (χ4v) is 2.54. The van der Waals surface area contributed by atoms with Gasteiger partial charge >= 0.3 is 0 Å². The highest BCUT2D eigenvalue weighted by molar-refractivity contribution is 7.10. The van der Waals surface area contributed by atoms with Crippen LogP contribution in [0.5, 0.6) is 11.5 Å². The molecule has 2 unspecified atom stereocenters. The van der Waals surface area contributed by atoms with Crippen LogP contribution in [0.25, 0.3) is 0 Å². The number of ether oxygens (including phenoxy) is 1. The summed E-state index contributed by atoms with van der Waals surface area (Å²) < 4.78 is 11.4. The van der Waals surface area contributed by atoms with Crippen LogP contribution in [-0.4, -0.2) is 5.60 Å². The summed E-state index contributed by atoms with van der Waals surface area (Å²) in [6, 6.07) is 2.02. The molecule has 92 valence electrons. The van der Waals surface area contributed by atoms with Gasteiger partial charge in [-0.1, -0.05) is 6.58 Å². The molecular weight excluding hydrogens is 231 g/mol. The van der Waals surface area contributed by atoms with Gasteiger partial charge in [0.15, 0.2) is 0 Å². The van der Waals surface area contributed by atoms with Gasteiger partial charge < -0.3 is 9.26 Å². The molecule has 0 saturated carbocycles. The Bertz CT molecular complexity index is 468. The predicted molar refractivity (Wildman–Crippen MR) is 73.8 cm³/mol. The summed E-state index contributed by atoms with van der Waals surface area (Å²) in [5, 5.41) is 0. The first-order valence-electron chi connectivity index (χ1n) is 5.83. The number of fused-ring (bicyclic) bond motifs is 1. The minimum atomic E-state index is -0.243. The van der Waals surface area contributed by atoms with Gasteiger partial charge in [0.05, 0.1) is 9.47 Å². The Morgan fingerprint density at radius 2 is 2.24 bits per heavy atom. The van der Waals surface area contributed by atoms with E-state index in [1.54, 1.807) is 0 Å². The molecule has 2 nitrogen and oxygen atoms in total. The van der Waals surface area contributed by atoms with Crippen LogP contribution in [0.3, 0.4) is 0 Å². The Hall–Kier alpha value is -1.01. The average Bonchev–Trinajstić information content (AvgIpc) is 2.33. The monoisotopic (exact) mass is 250 g/mol. The SMILES string of the molecule is C=CC1(C)CCc2c(C)c(OP)cc(C)c2O1. The van der Waals surface area contributed by atoms with Crippen LogP contribution in [-0.2, 0) is 6.42 Å². The Labute approximate surface area is 105 Å². The van der Waals surface area contributed by atoms with Gasteiger partial charge in [-0.3, -0.25) is 0 Å². The molecule has 0 aromatic heterocycles. The molecule has 1 aliphatic heterocycles. The fraction of sp³-hybridized carbons (Fsp3) is 0.429. The zero-order valence-corrected chi connectivity index (χ0v) is 11.8. The van der Waals surface area contributed by atoms with Crippen molar-refractivity contribution in [3.8, 4) is 11.5 Å². The summed E-state index contributed by atoms with van der Waals surface area (Å²) >= 11 is 0. The van der Waals surface area contributed by atoms with E-state index in [0.717, 1.165) is 29.9 Å². The first-order valence-corrected chi connectivity index (χ1v) is 6.30. The first-order chi connectivity index (χ1) is 8.00. The summed E-state index contributed by atoms with van der Waals surface area (Å²) in [7, 11) is 2.31. The lowest BCUT2D eigenvalue weighted by atomic mass is 9.89. The molecule has 2 atom stereocenters. The molecule has 0 spiro atoms. The van der Waals surface area contributed by atoms with E-state index in [1.807, 2.05) is 12.1 Å². The van der Waals surface area contributed by atoms with Crippen LogP contribution in [0.2, 0.25) is 0 Å². The van der Waals surface area contributed by atoms with Crippen molar-refractivity contribution in [1.29, 1.82) is 0 Å². The molecule has 0 amide bonds. The molecule has 2 rings (SSSR count). The van der Waals surface area contributed by atoms with Crippen LogP contribution in [0.15, 0.2) is 18.7 Å². The van der Waals surface area contributed by atoms with Gasteiger partial charge in [-0.2, -0.15) is 0 Å². The molecule has 1 aromatic carbocycles. The van der Waals surface area contributed by atoms with Gasteiger partial charge in [-0.15, -0.1) is 0 Å². The van der Waals surface area contributed by atoms with Crippen molar-refractivity contribution < 1.29 is 9.26 Å². The molecule has 0 saturated heterocycles. The Balaban J connectivity index is 2.53. The third-order valence-electron chi connectivity index (χ3n) is 3.57. The second-order valence-corrected chi connectivity index (χ2v) is 5.10. The van der Waals surface area contributed by atoms with E-state index < -0.39 is 0 Å². The Morgan fingerprint density at radius 1 is 1.53 bits per heavy atom. The lowest BCUT2D eigenvalue weighted by Crippen LogP contribution is -2.34. The van der Waals surface area contributed by atoms with E-state index >= 15 is 0 Å². The summed E-state index contributed by atoms with van der Waals surface area (Å²) in [6.07, 6.45) is 3.86. The smallest absolute Gasteiger partial charge is 0.127 e. The number of hydrogen-bond donors (Lipinski definition) is 0. The van der Waals surface area contributed by atoms with Crippen molar-refractivity contribution in [1.82, 2.24) is 0 Å². The highest BCUT2D eigenvalue weighted by Gasteiger charge is 2.31. The second-order valence-electron chi connectivity index (χ2n) is 4.86. The summed E-state index contributed by atoms with van der Waals surface area (Å²) in [5.41, 5.74) is 3.32. The lowest BCUT2D eigenvalue weighted by molar-refractivity contribution is 0.113. The van der Waals surface area contributed by atoms with Crippen molar-refractivity contribution in [2.24, 2.45) is 0 Å². The highest BCUT2D eigenvalue weighted by atomic mass is 31.0. The Morgan fingerprint density at radius 3 is 2.82 bits per heavy atom. The van der Waals surface area contributed by atoms with Gasteiger partial charge in [0.1, 0.15) is 17.1 Å². The molecule has 0 fully saturated rings. The zero-order valence-electron chi connectivity index (χ0n) is 10.7. The normalized spacial score (nSPS) is 22.6. The number of rotatable bonds is 2. The fourth-order valence-electron chi connectivity index (χ4n) is 2.29. The molecule has 0 bridgehead atoms. The maximum atomic E-state index is 6.10. The third kappa shape index (κ3) is 2.07. The van der Waals surface area contributed by atoms with Gasteiger partial charge in [0, 0.05) is 5.56 Å². The van der Waals surface area contributed by atoms with Crippen LogP contribution in [0.1, 0.15) is 30.0 Å². The average molecular weight is 250 g/mol. The summed E-state index contributed by atoms with van der Waals surface area (Å²) in [5.74, 6) is 1.92. The lowest BCUT2D eigenvalue weighted by Gasteiger charge is -2.35. The van der Waals surface area contributed by atoms with Gasteiger partial charge in [-0.05, 0) is 56.9 Å². The van der Waals surface area contributed by atoms with Gasteiger partial charge in [0.25, 0.3) is 0 Å². The predicted octanol–water partition coefficient (Wildman–Crippen LogP) is 3.74. The van der Waals surface area contributed by atoms with Crippen molar-refractivity contribution in [3.63, 3.8) is 0 Å². The highest BCUT2D eigenvalue weighted by Crippen LogP contribution is 2.41.